The Morgan fingerprint density at radius 1 is 1.21 bits per heavy atom. The van der Waals surface area contributed by atoms with E-state index in [2.05, 4.69) is 27.7 Å². The molecule has 3 unspecified atom stereocenters. The first-order chi connectivity index (χ1) is 6.42. The standard InChI is InChI=1S/C13H24O/c1-12(2,3)10-5-7-13(4)11(9-10)6-8-14-13/h10-11H,5-9H2,1-4H3. The molecule has 0 radical (unpaired) electrons. The van der Waals surface area contributed by atoms with Crippen molar-refractivity contribution < 1.29 is 4.74 Å². The summed E-state index contributed by atoms with van der Waals surface area (Å²) in [5.41, 5.74) is 0.728. The van der Waals surface area contributed by atoms with Gasteiger partial charge in [-0.3, -0.25) is 0 Å². The molecule has 0 amide bonds. The lowest BCUT2D eigenvalue weighted by molar-refractivity contribution is -0.0523. The SMILES string of the molecule is CC(C)(C)C1CCC2(C)OCCC2C1. The molecule has 1 nitrogen and oxygen atoms in total. The number of ether oxygens (including phenoxy) is 1. The number of rotatable bonds is 0. The zero-order valence-electron chi connectivity index (χ0n) is 10.1. The Bertz CT molecular complexity index is 216. The van der Waals surface area contributed by atoms with E-state index < -0.39 is 0 Å². The number of hydrogen-bond donors (Lipinski definition) is 0. The van der Waals surface area contributed by atoms with Crippen molar-refractivity contribution in [1.29, 1.82) is 0 Å². The summed E-state index contributed by atoms with van der Waals surface area (Å²) >= 11 is 0. The van der Waals surface area contributed by atoms with E-state index in [-0.39, 0.29) is 5.60 Å². The van der Waals surface area contributed by atoms with Crippen molar-refractivity contribution in [1.82, 2.24) is 0 Å². The maximum atomic E-state index is 5.91. The van der Waals surface area contributed by atoms with Crippen LogP contribution in [0.15, 0.2) is 0 Å². The van der Waals surface area contributed by atoms with Gasteiger partial charge in [0.2, 0.25) is 0 Å². The van der Waals surface area contributed by atoms with Crippen LogP contribution in [0.25, 0.3) is 0 Å². The molecule has 1 aliphatic heterocycles. The van der Waals surface area contributed by atoms with E-state index >= 15 is 0 Å². The van der Waals surface area contributed by atoms with Crippen molar-refractivity contribution in [3.8, 4) is 0 Å². The minimum absolute atomic E-state index is 0.238. The van der Waals surface area contributed by atoms with E-state index in [0.29, 0.717) is 5.41 Å². The second-order valence-electron chi connectivity index (χ2n) is 6.48. The van der Waals surface area contributed by atoms with Crippen molar-refractivity contribution in [2.75, 3.05) is 6.61 Å². The van der Waals surface area contributed by atoms with Gasteiger partial charge >= 0.3 is 0 Å². The molecule has 0 bridgehead atoms. The summed E-state index contributed by atoms with van der Waals surface area (Å²) < 4.78 is 5.91. The second kappa shape index (κ2) is 3.23. The third-order valence-electron chi connectivity index (χ3n) is 4.54. The first-order valence-electron chi connectivity index (χ1n) is 6.06. The Balaban J connectivity index is 2.05. The minimum Gasteiger partial charge on any atom is -0.375 e. The van der Waals surface area contributed by atoms with Crippen molar-refractivity contribution in [3.05, 3.63) is 0 Å². The van der Waals surface area contributed by atoms with Crippen molar-refractivity contribution in [3.63, 3.8) is 0 Å². The Morgan fingerprint density at radius 2 is 1.93 bits per heavy atom. The zero-order valence-corrected chi connectivity index (χ0v) is 10.1. The molecular weight excluding hydrogens is 172 g/mol. The molecule has 0 aromatic heterocycles. The predicted octanol–water partition coefficient (Wildman–Crippen LogP) is 3.63. The van der Waals surface area contributed by atoms with Gasteiger partial charge in [0, 0.05) is 6.61 Å². The third kappa shape index (κ3) is 1.71. The fourth-order valence-electron chi connectivity index (χ4n) is 3.21. The van der Waals surface area contributed by atoms with Crippen LogP contribution >= 0.6 is 0 Å². The predicted molar refractivity (Wildman–Crippen MR) is 59.3 cm³/mol. The van der Waals surface area contributed by atoms with Gasteiger partial charge in [0.05, 0.1) is 5.60 Å². The van der Waals surface area contributed by atoms with Crippen LogP contribution in [0.4, 0.5) is 0 Å². The quantitative estimate of drug-likeness (QED) is 0.575. The van der Waals surface area contributed by atoms with Crippen molar-refractivity contribution in [2.24, 2.45) is 17.3 Å². The number of hydrogen-bond acceptors (Lipinski definition) is 1. The molecule has 1 heterocycles. The fraction of sp³-hybridized carbons (Fsp3) is 1.00. The van der Waals surface area contributed by atoms with E-state index in [1.165, 1.54) is 25.7 Å². The molecule has 0 aromatic carbocycles. The largest absolute Gasteiger partial charge is 0.375 e. The zero-order chi connectivity index (χ0) is 10.4. The van der Waals surface area contributed by atoms with Gasteiger partial charge in [-0.25, -0.2) is 0 Å². The van der Waals surface area contributed by atoms with Gasteiger partial charge in [0.1, 0.15) is 0 Å². The maximum Gasteiger partial charge on any atom is 0.0683 e. The lowest BCUT2D eigenvalue weighted by Gasteiger charge is -2.43. The molecule has 14 heavy (non-hydrogen) atoms. The van der Waals surface area contributed by atoms with Crippen LogP contribution in [0.5, 0.6) is 0 Å². The van der Waals surface area contributed by atoms with Crippen LogP contribution in [0.1, 0.15) is 53.4 Å². The highest BCUT2D eigenvalue weighted by Crippen LogP contribution is 2.49. The van der Waals surface area contributed by atoms with E-state index in [0.717, 1.165) is 18.4 Å². The van der Waals surface area contributed by atoms with Crippen molar-refractivity contribution >= 4 is 0 Å². The van der Waals surface area contributed by atoms with Crippen LogP contribution in [-0.2, 0) is 4.74 Å². The normalized spacial score (nSPS) is 43.7. The topological polar surface area (TPSA) is 9.23 Å². The average molecular weight is 196 g/mol. The Morgan fingerprint density at radius 3 is 2.57 bits per heavy atom. The molecule has 1 aliphatic carbocycles. The molecule has 1 saturated carbocycles. The first kappa shape index (κ1) is 10.5. The van der Waals surface area contributed by atoms with Gasteiger partial charge < -0.3 is 4.74 Å². The van der Waals surface area contributed by atoms with Gasteiger partial charge in [-0.15, -0.1) is 0 Å². The molecule has 2 aliphatic rings. The highest BCUT2D eigenvalue weighted by atomic mass is 16.5. The summed E-state index contributed by atoms with van der Waals surface area (Å²) in [5, 5.41) is 0. The smallest absolute Gasteiger partial charge is 0.0683 e. The maximum absolute atomic E-state index is 5.91. The summed E-state index contributed by atoms with van der Waals surface area (Å²) in [6, 6.07) is 0. The van der Waals surface area contributed by atoms with Crippen LogP contribution in [0.2, 0.25) is 0 Å². The molecule has 2 fully saturated rings. The number of fused-ring (bicyclic) bond motifs is 1. The lowest BCUT2D eigenvalue weighted by Crippen LogP contribution is -2.40. The summed E-state index contributed by atoms with van der Waals surface area (Å²) in [5.74, 6) is 1.74. The van der Waals surface area contributed by atoms with Gasteiger partial charge in [-0.1, -0.05) is 20.8 Å². The van der Waals surface area contributed by atoms with Gasteiger partial charge in [0.25, 0.3) is 0 Å². The Labute approximate surface area is 88.2 Å². The molecule has 3 atom stereocenters. The Hall–Kier alpha value is -0.0400. The van der Waals surface area contributed by atoms with Crippen LogP contribution in [0.3, 0.4) is 0 Å². The van der Waals surface area contributed by atoms with E-state index in [4.69, 9.17) is 4.74 Å². The van der Waals surface area contributed by atoms with E-state index in [1.807, 2.05) is 0 Å². The fourth-order valence-corrected chi connectivity index (χ4v) is 3.21. The van der Waals surface area contributed by atoms with E-state index in [1.54, 1.807) is 0 Å². The van der Waals surface area contributed by atoms with Crippen LogP contribution in [-0.4, -0.2) is 12.2 Å². The highest BCUT2D eigenvalue weighted by molar-refractivity contribution is 4.96. The highest BCUT2D eigenvalue weighted by Gasteiger charge is 2.46. The molecular formula is C13H24O. The summed E-state index contributed by atoms with van der Waals surface area (Å²) in [7, 11) is 0. The summed E-state index contributed by atoms with van der Waals surface area (Å²) in [6.07, 6.45) is 5.32. The van der Waals surface area contributed by atoms with Crippen molar-refractivity contribution in [2.45, 2.75) is 59.0 Å². The molecule has 0 aromatic rings. The average Bonchev–Trinajstić information content (AvgIpc) is 2.42. The first-order valence-corrected chi connectivity index (χ1v) is 6.06. The molecule has 1 saturated heterocycles. The van der Waals surface area contributed by atoms with Gasteiger partial charge in [-0.05, 0) is 49.9 Å². The van der Waals surface area contributed by atoms with Gasteiger partial charge in [-0.2, -0.15) is 0 Å². The summed E-state index contributed by atoms with van der Waals surface area (Å²) in [6.45, 7) is 10.5. The molecule has 82 valence electrons. The second-order valence-corrected chi connectivity index (χ2v) is 6.48. The summed E-state index contributed by atoms with van der Waals surface area (Å²) in [4.78, 5) is 0. The third-order valence-corrected chi connectivity index (χ3v) is 4.54. The lowest BCUT2D eigenvalue weighted by atomic mass is 9.64. The van der Waals surface area contributed by atoms with Gasteiger partial charge in [0.15, 0.2) is 0 Å². The van der Waals surface area contributed by atoms with Crippen LogP contribution < -0.4 is 0 Å². The van der Waals surface area contributed by atoms with E-state index in [9.17, 15) is 0 Å². The molecule has 0 N–H and O–H groups in total. The minimum atomic E-state index is 0.238. The van der Waals surface area contributed by atoms with Crippen LogP contribution in [0, 0.1) is 17.3 Å². The molecule has 1 heteroatoms. The molecule has 2 rings (SSSR count). The monoisotopic (exact) mass is 196 g/mol. The molecule has 0 spiro atoms. The Kier molecular flexibility index (Phi) is 2.42.